The molecular weight excluding hydrogens is 418 g/mol. The number of hydrogen-bond acceptors (Lipinski definition) is 5. The van der Waals surface area contributed by atoms with Gasteiger partial charge in [-0.3, -0.25) is 9.89 Å². The van der Waals surface area contributed by atoms with Crippen molar-refractivity contribution in [1.82, 2.24) is 20.3 Å². The number of hydrogen-bond donors (Lipinski definition) is 3. The van der Waals surface area contributed by atoms with Gasteiger partial charge in [0.25, 0.3) is 0 Å². The molecule has 0 bridgehead atoms. The van der Waals surface area contributed by atoms with E-state index in [2.05, 4.69) is 49.5 Å². The maximum Gasteiger partial charge on any atom is 0.250 e. The quantitative estimate of drug-likeness (QED) is 0.311. The van der Waals surface area contributed by atoms with Gasteiger partial charge in [0.15, 0.2) is 5.96 Å². The van der Waals surface area contributed by atoms with Gasteiger partial charge in [-0.2, -0.15) is 0 Å². The number of sulfonamides is 1. The molecule has 1 fully saturated rings. The molecule has 3 N–H and O–H groups in total. The van der Waals surface area contributed by atoms with Crippen LogP contribution in [0.3, 0.4) is 0 Å². The number of piperidine rings is 1. The first kappa shape index (κ1) is 22.7. The standard InChI is InChI=1S/C21H31N5O2S2/c1-22-21(23-11-12-25-30(27,28)20-6-5-15-29-20)24-16-18-7-9-19(10-8-18)17-26-13-3-2-4-14-26/h5-10,15,25H,2-4,11-14,16-17H2,1H3,(H2,22,23,24). The van der Waals surface area contributed by atoms with Crippen molar-refractivity contribution < 1.29 is 8.42 Å². The minimum Gasteiger partial charge on any atom is -0.355 e. The van der Waals surface area contributed by atoms with Gasteiger partial charge in [0.2, 0.25) is 10.0 Å². The van der Waals surface area contributed by atoms with Crippen molar-refractivity contribution in [1.29, 1.82) is 0 Å². The topological polar surface area (TPSA) is 85.8 Å². The average Bonchev–Trinajstić information content (AvgIpc) is 3.31. The molecule has 1 aromatic heterocycles. The second kappa shape index (κ2) is 11.5. The zero-order chi connectivity index (χ0) is 21.2. The van der Waals surface area contributed by atoms with Gasteiger partial charge in [0.1, 0.15) is 4.21 Å². The molecule has 7 nitrogen and oxygen atoms in total. The van der Waals surface area contributed by atoms with Crippen LogP contribution in [-0.4, -0.2) is 52.5 Å². The van der Waals surface area contributed by atoms with Gasteiger partial charge in [-0.1, -0.05) is 36.8 Å². The van der Waals surface area contributed by atoms with Gasteiger partial charge in [-0.05, 0) is 48.5 Å². The summed E-state index contributed by atoms with van der Waals surface area (Å²) < 4.78 is 27.1. The molecule has 1 aromatic carbocycles. The monoisotopic (exact) mass is 449 g/mol. The molecule has 2 aromatic rings. The van der Waals surface area contributed by atoms with Crippen LogP contribution in [0.4, 0.5) is 0 Å². The van der Waals surface area contributed by atoms with Crippen LogP contribution in [0.15, 0.2) is 51.0 Å². The molecule has 164 valence electrons. The van der Waals surface area contributed by atoms with Gasteiger partial charge in [-0.25, -0.2) is 13.1 Å². The number of guanidine groups is 1. The first-order valence-corrected chi connectivity index (χ1v) is 12.7. The Bertz CT molecular complexity index is 890. The Labute approximate surface area is 183 Å². The summed E-state index contributed by atoms with van der Waals surface area (Å²) in [6, 6.07) is 12.0. The molecule has 0 radical (unpaired) electrons. The first-order valence-electron chi connectivity index (χ1n) is 10.3. The van der Waals surface area contributed by atoms with Crippen molar-refractivity contribution in [2.24, 2.45) is 4.99 Å². The van der Waals surface area contributed by atoms with Crippen LogP contribution >= 0.6 is 11.3 Å². The summed E-state index contributed by atoms with van der Waals surface area (Å²) in [5.41, 5.74) is 2.53. The minimum atomic E-state index is -3.43. The highest BCUT2D eigenvalue weighted by Gasteiger charge is 2.14. The van der Waals surface area contributed by atoms with Crippen LogP contribution in [-0.2, 0) is 23.1 Å². The van der Waals surface area contributed by atoms with Crippen LogP contribution < -0.4 is 15.4 Å². The highest BCUT2D eigenvalue weighted by molar-refractivity contribution is 7.91. The second-order valence-corrected chi connectivity index (χ2v) is 10.3. The number of rotatable bonds is 9. The summed E-state index contributed by atoms with van der Waals surface area (Å²) in [5.74, 6) is 0.641. The molecule has 0 amide bonds. The number of likely N-dealkylation sites (tertiary alicyclic amines) is 1. The molecular formula is C21H31N5O2S2. The van der Waals surface area contributed by atoms with Crippen molar-refractivity contribution >= 4 is 27.3 Å². The fraction of sp³-hybridized carbons (Fsp3) is 0.476. The number of benzene rings is 1. The fourth-order valence-electron chi connectivity index (χ4n) is 3.40. The first-order chi connectivity index (χ1) is 14.6. The van der Waals surface area contributed by atoms with E-state index in [4.69, 9.17) is 0 Å². The Hall–Kier alpha value is -1.94. The van der Waals surface area contributed by atoms with E-state index in [0.29, 0.717) is 23.3 Å². The van der Waals surface area contributed by atoms with Crippen molar-refractivity contribution in [2.75, 3.05) is 33.2 Å². The molecule has 1 aliphatic heterocycles. The number of nitrogens with one attached hydrogen (secondary N) is 3. The van der Waals surface area contributed by atoms with Crippen molar-refractivity contribution in [3.8, 4) is 0 Å². The van der Waals surface area contributed by atoms with E-state index in [1.807, 2.05) is 0 Å². The second-order valence-electron chi connectivity index (χ2n) is 7.34. The van der Waals surface area contributed by atoms with E-state index in [-0.39, 0.29) is 6.54 Å². The largest absolute Gasteiger partial charge is 0.355 e. The highest BCUT2D eigenvalue weighted by atomic mass is 32.2. The molecule has 0 aliphatic carbocycles. The average molecular weight is 450 g/mol. The Morgan fingerprint density at radius 3 is 2.43 bits per heavy atom. The van der Waals surface area contributed by atoms with Crippen LogP contribution in [0.25, 0.3) is 0 Å². The zero-order valence-electron chi connectivity index (χ0n) is 17.4. The van der Waals surface area contributed by atoms with Crippen LogP contribution in [0, 0.1) is 0 Å². The van der Waals surface area contributed by atoms with E-state index in [1.54, 1.807) is 24.6 Å². The Morgan fingerprint density at radius 1 is 1.03 bits per heavy atom. The maximum absolute atomic E-state index is 12.1. The van der Waals surface area contributed by atoms with Gasteiger partial charge in [0, 0.05) is 33.2 Å². The summed E-state index contributed by atoms with van der Waals surface area (Å²) in [7, 11) is -1.73. The zero-order valence-corrected chi connectivity index (χ0v) is 19.1. The number of thiophene rings is 1. The summed E-state index contributed by atoms with van der Waals surface area (Å²) in [6.45, 7) is 4.82. The third-order valence-corrected chi connectivity index (χ3v) is 7.89. The van der Waals surface area contributed by atoms with Gasteiger partial charge in [-0.15, -0.1) is 11.3 Å². The Morgan fingerprint density at radius 2 is 1.77 bits per heavy atom. The molecule has 0 unspecified atom stereocenters. The summed E-state index contributed by atoms with van der Waals surface area (Å²) in [5, 5.41) is 8.15. The Kier molecular flexibility index (Phi) is 8.68. The van der Waals surface area contributed by atoms with Crippen LogP contribution in [0.2, 0.25) is 0 Å². The molecule has 1 aliphatic rings. The van der Waals surface area contributed by atoms with Crippen molar-refractivity contribution in [3.63, 3.8) is 0 Å². The molecule has 2 heterocycles. The highest BCUT2D eigenvalue weighted by Crippen LogP contribution is 2.15. The predicted molar refractivity (Wildman–Crippen MR) is 123 cm³/mol. The number of nitrogens with zero attached hydrogens (tertiary/aromatic N) is 2. The van der Waals surface area contributed by atoms with E-state index in [9.17, 15) is 8.42 Å². The third kappa shape index (κ3) is 7.09. The lowest BCUT2D eigenvalue weighted by molar-refractivity contribution is 0.221. The molecule has 1 saturated heterocycles. The van der Waals surface area contributed by atoms with E-state index >= 15 is 0 Å². The molecule has 3 rings (SSSR count). The van der Waals surface area contributed by atoms with Crippen LogP contribution in [0.5, 0.6) is 0 Å². The predicted octanol–water partition coefficient (Wildman–Crippen LogP) is 2.38. The van der Waals surface area contributed by atoms with Gasteiger partial charge < -0.3 is 10.6 Å². The van der Waals surface area contributed by atoms with Gasteiger partial charge in [0.05, 0.1) is 0 Å². The fourth-order valence-corrected chi connectivity index (χ4v) is 5.47. The molecule has 0 saturated carbocycles. The molecule has 0 atom stereocenters. The number of aliphatic imine (C=N–C) groups is 1. The van der Waals surface area contributed by atoms with E-state index in [0.717, 1.165) is 6.54 Å². The Balaban J connectivity index is 1.37. The van der Waals surface area contributed by atoms with Crippen LogP contribution in [0.1, 0.15) is 30.4 Å². The lowest BCUT2D eigenvalue weighted by Crippen LogP contribution is -2.41. The smallest absolute Gasteiger partial charge is 0.250 e. The van der Waals surface area contributed by atoms with Gasteiger partial charge >= 0.3 is 0 Å². The molecule has 9 heteroatoms. The maximum atomic E-state index is 12.1. The summed E-state index contributed by atoms with van der Waals surface area (Å²) >= 11 is 1.21. The van der Waals surface area contributed by atoms with Crippen molar-refractivity contribution in [2.45, 2.75) is 36.6 Å². The molecule has 30 heavy (non-hydrogen) atoms. The lowest BCUT2D eigenvalue weighted by Gasteiger charge is -2.26. The van der Waals surface area contributed by atoms with E-state index < -0.39 is 10.0 Å². The summed E-state index contributed by atoms with van der Waals surface area (Å²) in [6.07, 6.45) is 3.98. The molecule has 0 spiro atoms. The lowest BCUT2D eigenvalue weighted by atomic mass is 10.1. The summed E-state index contributed by atoms with van der Waals surface area (Å²) in [4.78, 5) is 6.72. The van der Waals surface area contributed by atoms with E-state index in [1.165, 1.54) is 54.8 Å². The normalized spacial score (nSPS) is 15.8. The SMILES string of the molecule is CN=C(NCCNS(=O)(=O)c1cccs1)NCc1ccc(CN2CCCCC2)cc1. The minimum absolute atomic E-state index is 0.284. The third-order valence-electron chi connectivity index (χ3n) is 5.03. The van der Waals surface area contributed by atoms with Crippen molar-refractivity contribution in [3.05, 3.63) is 52.9 Å².